The van der Waals surface area contributed by atoms with Gasteiger partial charge in [0.1, 0.15) is 5.82 Å². The Morgan fingerprint density at radius 1 is 1.44 bits per heavy atom. The molecule has 3 heterocycles. The highest BCUT2D eigenvalue weighted by Crippen LogP contribution is 2.26. The fourth-order valence-electron chi connectivity index (χ4n) is 2.23. The highest BCUT2D eigenvalue weighted by atomic mass is 79.9. The van der Waals surface area contributed by atoms with Gasteiger partial charge >= 0.3 is 0 Å². The lowest BCUT2D eigenvalue weighted by Crippen LogP contribution is -2.17. The Balaban J connectivity index is 2.05. The van der Waals surface area contributed by atoms with Gasteiger partial charge in [0.15, 0.2) is 0 Å². The molecule has 1 unspecified atom stereocenters. The maximum atomic E-state index is 5.52. The van der Waals surface area contributed by atoms with E-state index in [0.29, 0.717) is 5.92 Å². The smallest absolute Gasteiger partial charge is 0.118 e. The van der Waals surface area contributed by atoms with E-state index >= 15 is 0 Å². The predicted octanol–water partition coefficient (Wildman–Crippen LogP) is 2.99. The molecule has 1 fully saturated rings. The predicted molar refractivity (Wildman–Crippen MR) is 65.7 cm³/mol. The molecule has 3 rings (SSSR count). The highest BCUT2D eigenvalue weighted by Gasteiger charge is 2.20. The molecule has 1 aliphatic rings. The second-order valence-electron chi connectivity index (χ2n) is 4.17. The quantitative estimate of drug-likeness (QED) is 0.803. The molecule has 16 heavy (non-hydrogen) atoms. The van der Waals surface area contributed by atoms with Gasteiger partial charge in [0.2, 0.25) is 0 Å². The molecular formula is C12H13BrN2O. The van der Waals surface area contributed by atoms with Crippen LogP contribution in [0.4, 0.5) is 0 Å². The largest absolute Gasteiger partial charge is 0.381 e. The van der Waals surface area contributed by atoms with Gasteiger partial charge in [0, 0.05) is 23.2 Å². The summed E-state index contributed by atoms with van der Waals surface area (Å²) in [6.45, 7) is 1.69. The van der Waals surface area contributed by atoms with Crippen LogP contribution in [0.25, 0.3) is 5.52 Å². The molecule has 1 saturated heterocycles. The molecule has 3 nitrogen and oxygen atoms in total. The summed E-state index contributed by atoms with van der Waals surface area (Å²) >= 11 is 3.50. The summed E-state index contributed by atoms with van der Waals surface area (Å²) in [5.74, 6) is 1.56. The van der Waals surface area contributed by atoms with Gasteiger partial charge in [0.25, 0.3) is 0 Å². The lowest BCUT2D eigenvalue weighted by molar-refractivity contribution is 0.0779. The van der Waals surface area contributed by atoms with Crippen LogP contribution in [-0.4, -0.2) is 22.6 Å². The van der Waals surface area contributed by atoms with Gasteiger partial charge in [-0.15, -0.1) is 0 Å². The van der Waals surface area contributed by atoms with E-state index in [1.807, 2.05) is 12.3 Å². The Morgan fingerprint density at radius 3 is 3.19 bits per heavy atom. The zero-order valence-corrected chi connectivity index (χ0v) is 10.5. The summed E-state index contributed by atoms with van der Waals surface area (Å²) < 4.78 is 8.76. The number of halogens is 1. The van der Waals surface area contributed by atoms with Crippen molar-refractivity contribution in [3.63, 3.8) is 0 Å². The van der Waals surface area contributed by atoms with E-state index in [9.17, 15) is 0 Å². The summed E-state index contributed by atoms with van der Waals surface area (Å²) in [7, 11) is 0. The van der Waals surface area contributed by atoms with Crippen molar-refractivity contribution in [3.05, 3.63) is 34.8 Å². The zero-order valence-electron chi connectivity index (χ0n) is 8.90. The first-order chi connectivity index (χ1) is 7.84. The maximum Gasteiger partial charge on any atom is 0.118 e. The monoisotopic (exact) mass is 280 g/mol. The molecule has 0 amide bonds. The van der Waals surface area contributed by atoms with Crippen molar-refractivity contribution in [3.8, 4) is 0 Å². The average molecular weight is 281 g/mol. The number of fused-ring (bicyclic) bond motifs is 1. The molecule has 1 aliphatic heterocycles. The molecule has 84 valence electrons. The van der Waals surface area contributed by atoms with Crippen LogP contribution in [0.2, 0.25) is 0 Å². The molecule has 1 atom stereocenters. The van der Waals surface area contributed by atoms with Crippen LogP contribution in [0.3, 0.4) is 0 Å². The fourth-order valence-corrected chi connectivity index (χ4v) is 2.57. The van der Waals surface area contributed by atoms with Crippen LogP contribution in [0.15, 0.2) is 29.0 Å². The van der Waals surface area contributed by atoms with Gasteiger partial charge in [-0.25, -0.2) is 4.98 Å². The van der Waals surface area contributed by atoms with Crippen molar-refractivity contribution in [2.24, 2.45) is 0 Å². The lowest BCUT2D eigenvalue weighted by Gasteiger charge is -2.21. The fraction of sp³-hybridized carbons (Fsp3) is 0.417. The van der Waals surface area contributed by atoms with E-state index in [1.165, 1.54) is 6.42 Å². The first kappa shape index (κ1) is 10.3. The average Bonchev–Trinajstić information content (AvgIpc) is 2.73. The molecule has 0 spiro atoms. The minimum absolute atomic E-state index is 0.436. The summed E-state index contributed by atoms with van der Waals surface area (Å²) in [4.78, 5) is 4.52. The molecular weight excluding hydrogens is 268 g/mol. The molecule has 0 radical (unpaired) electrons. The van der Waals surface area contributed by atoms with E-state index < -0.39 is 0 Å². The first-order valence-corrected chi connectivity index (χ1v) is 6.34. The van der Waals surface area contributed by atoms with Crippen molar-refractivity contribution < 1.29 is 4.74 Å². The molecule has 0 N–H and O–H groups in total. The van der Waals surface area contributed by atoms with Gasteiger partial charge in [-0.2, -0.15) is 0 Å². The van der Waals surface area contributed by atoms with Crippen molar-refractivity contribution in [1.29, 1.82) is 0 Å². The van der Waals surface area contributed by atoms with Crippen molar-refractivity contribution in [2.75, 3.05) is 13.2 Å². The van der Waals surface area contributed by atoms with Gasteiger partial charge in [-0.1, -0.05) is 0 Å². The third kappa shape index (κ3) is 1.76. The van der Waals surface area contributed by atoms with E-state index in [2.05, 4.69) is 37.6 Å². The number of rotatable bonds is 1. The molecule has 4 heteroatoms. The third-order valence-corrected chi connectivity index (χ3v) is 3.51. The molecule has 2 aromatic heterocycles. The van der Waals surface area contributed by atoms with Crippen LogP contribution in [-0.2, 0) is 4.74 Å². The van der Waals surface area contributed by atoms with Crippen LogP contribution in [0, 0.1) is 0 Å². The Hall–Kier alpha value is -0.870. The minimum Gasteiger partial charge on any atom is -0.381 e. The molecule has 0 saturated carbocycles. The number of hydrogen-bond acceptors (Lipinski definition) is 2. The second-order valence-corrected chi connectivity index (χ2v) is 5.09. The van der Waals surface area contributed by atoms with Crippen molar-refractivity contribution in [1.82, 2.24) is 9.38 Å². The number of ether oxygens (including phenoxy) is 1. The zero-order chi connectivity index (χ0) is 11.0. The normalized spacial score (nSPS) is 21.4. The number of nitrogens with zero attached hydrogens (tertiary/aromatic N) is 2. The summed E-state index contributed by atoms with van der Waals surface area (Å²) in [6.07, 6.45) is 6.31. The van der Waals surface area contributed by atoms with E-state index in [4.69, 9.17) is 4.74 Å². The Kier molecular flexibility index (Phi) is 2.69. The topological polar surface area (TPSA) is 26.5 Å². The molecule has 2 aromatic rings. The van der Waals surface area contributed by atoms with Crippen molar-refractivity contribution in [2.45, 2.75) is 18.8 Å². The highest BCUT2D eigenvalue weighted by molar-refractivity contribution is 9.10. The van der Waals surface area contributed by atoms with Crippen molar-refractivity contribution >= 4 is 21.4 Å². The number of pyridine rings is 1. The number of hydrogen-bond donors (Lipinski definition) is 0. The Morgan fingerprint density at radius 2 is 2.38 bits per heavy atom. The van der Waals surface area contributed by atoms with Gasteiger partial charge in [-0.3, -0.25) is 0 Å². The molecule has 0 bridgehead atoms. The van der Waals surface area contributed by atoms with Crippen LogP contribution in [0.1, 0.15) is 24.6 Å². The first-order valence-electron chi connectivity index (χ1n) is 5.55. The van der Waals surface area contributed by atoms with Crippen LogP contribution in [0.5, 0.6) is 0 Å². The number of aromatic nitrogens is 2. The minimum atomic E-state index is 0.436. The Labute approximate surface area is 103 Å². The van der Waals surface area contributed by atoms with Gasteiger partial charge in [-0.05, 0) is 40.9 Å². The molecule has 0 aromatic carbocycles. The van der Waals surface area contributed by atoms with E-state index in [-0.39, 0.29) is 0 Å². The summed E-state index contributed by atoms with van der Waals surface area (Å²) in [6, 6.07) is 4.11. The van der Waals surface area contributed by atoms with Gasteiger partial charge < -0.3 is 9.14 Å². The van der Waals surface area contributed by atoms with E-state index in [0.717, 1.165) is 35.4 Å². The maximum absolute atomic E-state index is 5.52. The second kappa shape index (κ2) is 4.18. The van der Waals surface area contributed by atoms with Gasteiger partial charge in [0.05, 0.1) is 18.3 Å². The van der Waals surface area contributed by atoms with Crippen LogP contribution < -0.4 is 0 Å². The summed E-state index contributed by atoms with van der Waals surface area (Å²) in [5.41, 5.74) is 1.14. The van der Waals surface area contributed by atoms with Crippen LogP contribution >= 0.6 is 15.9 Å². The SMILES string of the molecule is Brc1ccc2cnc(C3CCCOC3)n2c1. The third-order valence-electron chi connectivity index (χ3n) is 3.05. The number of imidazole rings is 1. The Bertz CT molecular complexity index is 503. The van der Waals surface area contributed by atoms with E-state index in [1.54, 1.807) is 0 Å². The standard InChI is InChI=1S/C12H13BrN2O/c13-10-3-4-11-6-14-12(15(11)7-10)9-2-1-5-16-8-9/h3-4,6-7,9H,1-2,5,8H2. The lowest BCUT2D eigenvalue weighted by atomic mass is 10.0. The summed E-state index contributed by atoms with van der Waals surface area (Å²) in [5, 5.41) is 0. The molecule has 0 aliphatic carbocycles.